The molecule has 2 N–H and O–H groups in total. The molecule has 0 radical (unpaired) electrons. The third-order valence-electron chi connectivity index (χ3n) is 8.49. The van der Waals surface area contributed by atoms with Crippen molar-refractivity contribution in [2.45, 2.75) is 51.5 Å². The normalized spacial score (nSPS) is 24.3. The molecule has 7 heteroatoms. The second-order valence-electron chi connectivity index (χ2n) is 10.4. The van der Waals surface area contributed by atoms with Gasteiger partial charge in [0.05, 0.1) is 5.41 Å². The minimum absolute atomic E-state index is 0.0241. The molecule has 7 nitrogen and oxygen atoms in total. The second-order valence-corrected chi connectivity index (χ2v) is 10.4. The van der Waals surface area contributed by atoms with E-state index >= 15 is 0 Å². The molecule has 1 heterocycles. The number of benzene rings is 2. The molecule has 2 aliphatic carbocycles. The number of amides is 2. The summed E-state index contributed by atoms with van der Waals surface area (Å²) in [6, 6.07) is 16.0. The smallest absolute Gasteiger partial charge is 0.407 e. The van der Waals surface area contributed by atoms with Gasteiger partial charge in [-0.2, -0.15) is 0 Å². The first-order valence-corrected chi connectivity index (χ1v) is 12.4. The largest absolute Gasteiger partial charge is 0.481 e. The number of alkyl carbamates (subject to hydrolysis) is 1. The quantitative estimate of drug-likeness (QED) is 0.644. The van der Waals surface area contributed by atoms with E-state index in [1.807, 2.05) is 38.1 Å². The highest BCUT2D eigenvalue weighted by molar-refractivity contribution is 5.88. The zero-order chi connectivity index (χ0) is 24.8. The Kier molecular flexibility index (Phi) is 5.82. The number of rotatable bonds is 6. The first kappa shape index (κ1) is 23.4. The molecule has 0 spiro atoms. The van der Waals surface area contributed by atoms with Crippen molar-refractivity contribution in [2.24, 2.45) is 10.8 Å². The molecular weight excluding hydrogens is 444 g/mol. The van der Waals surface area contributed by atoms with Crippen molar-refractivity contribution in [3.8, 4) is 11.1 Å². The first-order valence-electron chi connectivity index (χ1n) is 12.4. The Hall–Kier alpha value is -3.35. The van der Waals surface area contributed by atoms with Gasteiger partial charge in [0.2, 0.25) is 5.91 Å². The number of hydrogen-bond donors (Lipinski definition) is 2. The second kappa shape index (κ2) is 8.70. The molecular formula is C28H32N2O5. The van der Waals surface area contributed by atoms with E-state index in [1.165, 1.54) is 11.1 Å². The molecule has 5 rings (SSSR count). The van der Waals surface area contributed by atoms with Crippen molar-refractivity contribution in [1.82, 2.24) is 10.2 Å². The summed E-state index contributed by atoms with van der Waals surface area (Å²) in [7, 11) is 0. The molecule has 35 heavy (non-hydrogen) atoms. The van der Waals surface area contributed by atoms with Crippen LogP contribution in [0.15, 0.2) is 48.5 Å². The Morgan fingerprint density at radius 1 is 1.06 bits per heavy atom. The van der Waals surface area contributed by atoms with Gasteiger partial charge in [0.15, 0.2) is 0 Å². The zero-order valence-corrected chi connectivity index (χ0v) is 20.3. The summed E-state index contributed by atoms with van der Waals surface area (Å²) in [6.45, 7) is 4.40. The lowest BCUT2D eigenvalue weighted by molar-refractivity contribution is -0.171. The van der Waals surface area contributed by atoms with Gasteiger partial charge in [0.25, 0.3) is 0 Å². The van der Waals surface area contributed by atoms with E-state index in [0.717, 1.165) is 17.5 Å². The Morgan fingerprint density at radius 3 is 2.23 bits per heavy atom. The van der Waals surface area contributed by atoms with Crippen LogP contribution in [-0.4, -0.2) is 53.7 Å². The van der Waals surface area contributed by atoms with E-state index in [9.17, 15) is 19.5 Å². The first-order chi connectivity index (χ1) is 16.8. The number of carboxylic acid groups (broad SMARTS) is 1. The standard InChI is InChI=1S/C28H32N2O5/c1-3-28(25(32)33)16-30(17-28)24(31)27(2)14-8-13-23(27)29-26(34)35-15-22-20-11-6-4-9-18(20)19-10-5-7-12-21(19)22/h4-7,9-12,22-23H,3,8,13-17H2,1-2H3,(H,29,34)(H,32,33). The van der Waals surface area contributed by atoms with E-state index < -0.39 is 22.9 Å². The fraction of sp³-hybridized carbons (Fsp3) is 0.464. The number of likely N-dealkylation sites (tertiary alicyclic amines) is 1. The highest BCUT2D eigenvalue weighted by atomic mass is 16.5. The Bertz CT molecular complexity index is 1130. The molecule has 1 saturated carbocycles. The van der Waals surface area contributed by atoms with Crippen molar-refractivity contribution in [2.75, 3.05) is 19.7 Å². The monoisotopic (exact) mass is 476 g/mol. The minimum atomic E-state index is -0.853. The van der Waals surface area contributed by atoms with Gasteiger partial charge in [-0.15, -0.1) is 0 Å². The summed E-state index contributed by atoms with van der Waals surface area (Å²) >= 11 is 0. The Morgan fingerprint density at radius 2 is 1.66 bits per heavy atom. The number of ether oxygens (including phenoxy) is 1. The number of nitrogens with zero attached hydrogens (tertiary/aromatic N) is 1. The van der Waals surface area contributed by atoms with Crippen molar-refractivity contribution in [1.29, 1.82) is 0 Å². The lowest BCUT2D eigenvalue weighted by Crippen LogP contribution is -2.65. The van der Waals surface area contributed by atoms with Gasteiger partial charge in [-0.3, -0.25) is 9.59 Å². The van der Waals surface area contributed by atoms with Crippen LogP contribution >= 0.6 is 0 Å². The van der Waals surface area contributed by atoms with Crippen LogP contribution in [0.1, 0.15) is 56.6 Å². The van der Waals surface area contributed by atoms with Gasteiger partial charge in [-0.25, -0.2) is 4.79 Å². The van der Waals surface area contributed by atoms with E-state index in [-0.39, 0.29) is 37.6 Å². The van der Waals surface area contributed by atoms with Gasteiger partial charge in [0, 0.05) is 25.0 Å². The van der Waals surface area contributed by atoms with Crippen LogP contribution in [0.5, 0.6) is 0 Å². The summed E-state index contributed by atoms with van der Waals surface area (Å²) < 4.78 is 5.70. The molecule has 2 amide bonds. The average molecular weight is 477 g/mol. The van der Waals surface area contributed by atoms with Crippen LogP contribution in [-0.2, 0) is 14.3 Å². The molecule has 3 aliphatic rings. The van der Waals surface area contributed by atoms with Crippen molar-refractivity contribution in [3.05, 3.63) is 59.7 Å². The van der Waals surface area contributed by atoms with E-state index in [2.05, 4.69) is 29.6 Å². The lowest BCUT2D eigenvalue weighted by atomic mass is 9.74. The molecule has 184 valence electrons. The molecule has 1 saturated heterocycles. The van der Waals surface area contributed by atoms with Gasteiger partial charge < -0.3 is 20.1 Å². The van der Waals surface area contributed by atoms with Crippen molar-refractivity contribution in [3.63, 3.8) is 0 Å². The zero-order valence-electron chi connectivity index (χ0n) is 20.3. The van der Waals surface area contributed by atoms with Crippen LogP contribution in [0, 0.1) is 10.8 Å². The number of nitrogens with one attached hydrogen (secondary N) is 1. The molecule has 0 aromatic heterocycles. The van der Waals surface area contributed by atoms with Gasteiger partial charge in [-0.1, -0.05) is 61.9 Å². The maximum absolute atomic E-state index is 13.4. The Balaban J connectivity index is 1.23. The lowest BCUT2D eigenvalue weighted by Gasteiger charge is -2.50. The molecule has 1 aliphatic heterocycles. The number of hydrogen-bond acceptors (Lipinski definition) is 4. The highest BCUT2D eigenvalue weighted by Crippen LogP contribution is 2.45. The maximum atomic E-state index is 13.4. The maximum Gasteiger partial charge on any atom is 0.407 e. The SMILES string of the molecule is CCC1(C(=O)O)CN(C(=O)C2(C)CCCC2NC(=O)OCC2c3ccccc3-c3ccccc32)C1. The minimum Gasteiger partial charge on any atom is -0.481 e. The average Bonchev–Trinajstić information content (AvgIpc) is 3.35. The molecule has 2 aromatic carbocycles. The summed E-state index contributed by atoms with van der Waals surface area (Å²) in [5.41, 5.74) is 3.04. The van der Waals surface area contributed by atoms with Crippen molar-refractivity contribution >= 4 is 18.0 Å². The Labute approximate surface area is 205 Å². The number of carbonyl (C=O) groups is 3. The number of aliphatic carboxylic acids is 1. The number of fused-ring (bicyclic) bond motifs is 3. The van der Waals surface area contributed by atoms with Crippen molar-refractivity contribution < 1.29 is 24.2 Å². The van der Waals surface area contributed by atoms with Crippen LogP contribution < -0.4 is 5.32 Å². The fourth-order valence-electron chi connectivity index (χ4n) is 6.14. The summed E-state index contributed by atoms with van der Waals surface area (Å²) in [5, 5.41) is 12.5. The van der Waals surface area contributed by atoms with Crippen LogP contribution in [0.4, 0.5) is 4.79 Å². The third kappa shape index (κ3) is 3.77. The molecule has 2 unspecified atom stereocenters. The van der Waals surface area contributed by atoms with Crippen LogP contribution in [0.3, 0.4) is 0 Å². The summed E-state index contributed by atoms with van der Waals surface area (Å²) in [6.07, 6.45) is 2.14. The molecule has 2 fully saturated rings. The molecule has 0 bridgehead atoms. The molecule has 2 aromatic rings. The predicted molar refractivity (Wildman–Crippen MR) is 131 cm³/mol. The topological polar surface area (TPSA) is 95.9 Å². The van der Waals surface area contributed by atoms with E-state index in [0.29, 0.717) is 19.3 Å². The van der Waals surface area contributed by atoms with Crippen LogP contribution in [0.25, 0.3) is 11.1 Å². The number of carboxylic acids is 1. The van der Waals surface area contributed by atoms with E-state index in [4.69, 9.17) is 4.74 Å². The summed E-state index contributed by atoms with van der Waals surface area (Å²) in [4.78, 5) is 39.5. The van der Waals surface area contributed by atoms with Gasteiger partial charge in [0.1, 0.15) is 12.0 Å². The van der Waals surface area contributed by atoms with Crippen LogP contribution in [0.2, 0.25) is 0 Å². The van der Waals surface area contributed by atoms with E-state index in [1.54, 1.807) is 4.90 Å². The highest BCUT2D eigenvalue weighted by Gasteiger charge is 2.55. The van der Waals surface area contributed by atoms with Gasteiger partial charge in [-0.05, 0) is 48.4 Å². The summed E-state index contributed by atoms with van der Waals surface area (Å²) in [5.74, 6) is -0.956. The predicted octanol–water partition coefficient (Wildman–Crippen LogP) is 4.41. The number of carbonyl (C=O) groups excluding carboxylic acids is 2. The third-order valence-corrected chi connectivity index (χ3v) is 8.49. The molecule has 2 atom stereocenters. The van der Waals surface area contributed by atoms with Gasteiger partial charge >= 0.3 is 12.1 Å². The fourth-order valence-corrected chi connectivity index (χ4v) is 6.14.